The highest BCUT2D eigenvalue weighted by Crippen LogP contribution is 2.33. The monoisotopic (exact) mass is 488 g/mol. The number of nitrogens with zero attached hydrogens (tertiary/aromatic N) is 2. The van der Waals surface area contributed by atoms with E-state index >= 15 is 0 Å². The van der Waals surface area contributed by atoms with Gasteiger partial charge in [0, 0.05) is 44.4 Å². The summed E-state index contributed by atoms with van der Waals surface area (Å²) in [6.07, 6.45) is 2.20. The first-order valence-corrected chi connectivity index (χ1v) is 13.0. The number of ether oxygens (including phenoxy) is 4. The number of piperazine rings is 1. The average Bonchev–Trinajstić information content (AvgIpc) is 3.41. The average molecular weight is 489 g/mol. The third-order valence-electron chi connectivity index (χ3n) is 6.24. The van der Waals surface area contributed by atoms with Gasteiger partial charge in [-0.05, 0) is 49.2 Å². The number of benzene rings is 2. The van der Waals surface area contributed by atoms with Crippen LogP contribution in [0.15, 0.2) is 47.4 Å². The summed E-state index contributed by atoms with van der Waals surface area (Å²) in [7, 11) is -3.70. The molecule has 2 saturated heterocycles. The summed E-state index contributed by atoms with van der Waals surface area (Å²) in [4.78, 5) is 14.8. The summed E-state index contributed by atoms with van der Waals surface area (Å²) in [6.45, 7) is 3.22. The number of hydrogen-bond donors (Lipinski definition) is 0. The van der Waals surface area contributed by atoms with Crippen LogP contribution < -0.4 is 14.2 Å². The maximum absolute atomic E-state index is 13.1. The van der Waals surface area contributed by atoms with Crippen molar-refractivity contribution in [2.75, 3.05) is 52.6 Å². The largest absolute Gasteiger partial charge is 0.491 e. The van der Waals surface area contributed by atoms with Gasteiger partial charge in [-0.25, -0.2) is 8.42 Å². The lowest BCUT2D eigenvalue weighted by Crippen LogP contribution is -2.50. The molecular weight excluding hydrogens is 460 g/mol. The van der Waals surface area contributed by atoms with E-state index in [1.165, 1.54) is 16.4 Å². The summed E-state index contributed by atoms with van der Waals surface area (Å²) < 4.78 is 49.9. The maximum atomic E-state index is 13.1. The molecule has 2 aromatic rings. The van der Waals surface area contributed by atoms with Crippen molar-refractivity contribution >= 4 is 15.9 Å². The normalized spacial score (nSPS) is 20.8. The Bertz CT molecular complexity index is 1120. The molecule has 34 heavy (non-hydrogen) atoms. The van der Waals surface area contributed by atoms with Gasteiger partial charge in [-0.2, -0.15) is 4.31 Å². The van der Waals surface area contributed by atoms with E-state index in [1.54, 1.807) is 35.2 Å². The van der Waals surface area contributed by atoms with Crippen LogP contribution in [0.25, 0.3) is 0 Å². The minimum Gasteiger partial charge on any atom is -0.491 e. The number of carbonyl (C=O) groups is 1. The van der Waals surface area contributed by atoms with E-state index < -0.39 is 10.0 Å². The molecule has 0 spiro atoms. The van der Waals surface area contributed by atoms with Crippen LogP contribution in [0.3, 0.4) is 0 Å². The molecule has 182 valence electrons. The van der Waals surface area contributed by atoms with Gasteiger partial charge in [-0.3, -0.25) is 4.79 Å². The smallest absolute Gasteiger partial charge is 0.253 e. The Morgan fingerprint density at radius 3 is 2.38 bits per heavy atom. The third kappa shape index (κ3) is 4.84. The van der Waals surface area contributed by atoms with Crippen LogP contribution in [-0.2, 0) is 14.8 Å². The molecule has 0 aromatic heterocycles. The zero-order chi connectivity index (χ0) is 23.5. The fourth-order valence-corrected chi connectivity index (χ4v) is 5.74. The topological polar surface area (TPSA) is 94.6 Å². The summed E-state index contributed by atoms with van der Waals surface area (Å²) in [5.41, 5.74) is 0.549. The molecule has 10 heteroatoms. The van der Waals surface area contributed by atoms with E-state index in [0.717, 1.165) is 19.4 Å². The van der Waals surface area contributed by atoms with Crippen molar-refractivity contribution in [3.8, 4) is 17.2 Å². The van der Waals surface area contributed by atoms with Gasteiger partial charge in [-0.1, -0.05) is 0 Å². The fourth-order valence-electron chi connectivity index (χ4n) is 4.31. The number of carbonyl (C=O) groups excluding carboxylic acids is 1. The lowest BCUT2D eigenvalue weighted by molar-refractivity contribution is 0.0676. The first-order valence-electron chi connectivity index (χ1n) is 11.5. The molecule has 3 aliphatic heterocycles. The second-order valence-electron chi connectivity index (χ2n) is 8.47. The minimum atomic E-state index is -3.70. The Morgan fingerprint density at radius 1 is 0.941 bits per heavy atom. The number of hydrogen-bond acceptors (Lipinski definition) is 7. The molecule has 0 saturated carbocycles. The van der Waals surface area contributed by atoms with Gasteiger partial charge in [0.2, 0.25) is 10.0 Å². The molecule has 9 nitrogen and oxygen atoms in total. The van der Waals surface area contributed by atoms with E-state index in [9.17, 15) is 13.2 Å². The Hall–Kier alpha value is -2.82. The summed E-state index contributed by atoms with van der Waals surface area (Å²) in [5, 5.41) is 0. The van der Waals surface area contributed by atoms with Crippen molar-refractivity contribution in [1.82, 2.24) is 9.21 Å². The molecule has 0 unspecified atom stereocenters. The van der Waals surface area contributed by atoms with E-state index in [2.05, 4.69) is 0 Å². The van der Waals surface area contributed by atoms with Gasteiger partial charge in [-0.15, -0.1) is 0 Å². The second kappa shape index (κ2) is 9.81. The Labute approximate surface area is 199 Å². The zero-order valence-electron chi connectivity index (χ0n) is 18.9. The van der Waals surface area contributed by atoms with Crippen molar-refractivity contribution in [2.24, 2.45) is 0 Å². The van der Waals surface area contributed by atoms with Crippen LogP contribution in [0.5, 0.6) is 17.2 Å². The third-order valence-corrected chi connectivity index (χ3v) is 8.13. The molecule has 1 amide bonds. The van der Waals surface area contributed by atoms with Crippen LogP contribution >= 0.6 is 0 Å². The van der Waals surface area contributed by atoms with Crippen LogP contribution in [-0.4, -0.2) is 82.2 Å². The van der Waals surface area contributed by atoms with E-state index in [-0.39, 0.29) is 30.0 Å². The lowest BCUT2D eigenvalue weighted by atomic mass is 10.2. The van der Waals surface area contributed by atoms with Gasteiger partial charge in [0.1, 0.15) is 25.6 Å². The minimum absolute atomic E-state index is 0.123. The Kier molecular flexibility index (Phi) is 6.62. The highest BCUT2D eigenvalue weighted by atomic mass is 32.2. The van der Waals surface area contributed by atoms with Gasteiger partial charge in [0.15, 0.2) is 11.5 Å². The first kappa shape index (κ1) is 22.9. The molecule has 3 aliphatic rings. The Balaban J connectivity index is 1.17. The summed E-state index contributed by atoms with van der Waals surface area (Å²) in [5.74, 6) is 1.55. The van der Waals surface area contributed by atoms with Crippen LogP contribution in [0.1, 0.15) is 23.2 Å². The Morgan fingerprint density at radius 2 is 1.68 bits per heavy atom. The van der Waals surface area contributed by atoms with Crippen molar-refractivity contribution in [3.05, 3.63) is 48.0 Å². The number of amides is 1. The van der Waals surface area contributed by atoms with E-state index in [4.69, 9.17) is 18.9 Å². The van der Waals surface area contributed by atoms with Crippen molar-refractivity contribution in [3.63, 3.8) is 0 Å². The SMILES string of the molecule is O=C(c1ccc(OC[C@@H]2CCCO2)cc1)N1CCN(S(=O)(=O)c2ccc3c(c2)OCCO3)CC1. The fraction of sp³-hybridized carbons (Fsp3) is 0.458. The molecule has 5 rings (SSSR count). The molecule has 0 bridgehead atoms. The molecule has 0 N–H and O–H groups in total. The van der Waals surface area contributed by atoms with E-state index in [0.29, 0.717) is 55.7 Å². The molecular formula is C24H28N2O7S. The molecule has 2 aromatic carbocycles. The van der Waals surface area contributed by atoms with Gasteiger partial charge in [0.25, 0.3) is 5.91 Å². The highest BCUT2D eigenvalue weighted by Gasteiger charge is 2.31. The highest BCUT2D eigenvalue weighted by molar-refractivity contribution is 7.89. The van der Waals surface area contributed by atoms with Gasteiger partial charge in [0.05, 0.1) is 11.0 Å². The molecule has 1 atom stereocenters. The van der Waals surface area contributed by atoms with Crippen molar-refractivity contribution < 1.29 is 32.2 Å². The quantitative estimate of drug-likeness (QED) is 0.615. The van der Waals surface area contributed by atoms with Crippen LogP contribution in [0, 0.1) is 0 Å². The summed E-state index contributed by atoms with van der Waals surface area (Å²) >= 11 is 0. The maximum Gasteiger partial charge on any atom is 0.253 e. The second-order valence-corrected chi connectivity index (χ2v) is 10.4. The van der Waals surface area contributed by atoms with Crippen molar-refractivity contribution in [1.29, 1.82) is 0 Å². The summed E-state index contributed by atoms with van der Waals surface area (Å²) in [6, 6.07) is 11.7. The molecule has 0 aliphatic carbocycles. The lowest BCUT2D eigenvalue weighted by Gasteiger charge is -2.34. The van der Waals surface area contributed by atoms with Gasteiger partial charge < -0.3 is 23.8 Å². The standard InChI is InChI=1S/C24H28N2O7S/c27-24(18-3-5-19(6-4-18)33-17-20-2-1-13-30-20)25-9-11-26(12-10-25)34(28,29)21-7-8-22-23(16-21)32-15-14-31-22/h3-8,16,20H,1-2,9-15,17H2/t20-/m0/s1. The molecule has 3 heterocycles. The number of fused-ring (bicyclic) bond motifs is 1. The zero-order valence-corrected chi connectivity index (χ0v) is 19.7. The molecule has 2 fully saturated rings. The first-order chi connectivity index (χ1) is 16.5. The van der Waals surface area contributed by atoms with E-state index in [1.807, 2.05) is 0 Å². The predicted octanol–water partition coefficient (Wildman–Crippen LogP) is 2.16. The number of sulfonamides is 1. The van der Waals surface area contributed by atoms with Crippen molar-refractivity contribution in [2.45, 2.75) is 23.8 Å². The predicted molar refractivity (Wildman–Crippen MR) is 123 cm³/mol. The van der Waals surface area contributed by atoms with Crippen LogP contribution in [0.2, 0.25) is 0 Å². The molecule has 0 radical (unpaired) electrons. The van der Waals surface area contributed by atoms with Gasteiger partial charge >= 0.3 is 0 Å². The number of rotatable bonds is 6. The van der Waals surface area contributed by atoms with Crippen LogP contribution in [0.4, 0.5) is 0 Å².